The van der Waals surface area contributed by atoms with E-state index in [0.717, 1.165) is 36.4 Å². The third-order valence-electron chi connectivity index (χ3n) is 4.81. The first-order valence-electron chi connectivity index (χ1n) is 9.56. The summed E-state index contributed by atoms with van der Waals surface area (Å²) in [6.45, 7) is 2.21. The molecule has 5 heteroatoms. The van der Waals surface area contributed by atoms with Crippen molar-refractivity contribution in [2.24, 2.45) is 5.92 Å². The summed E-state index contributed by atoms with van der Waals surface area (Å²) >= 11 is 0. The van der Waals surface area contributed by atoms with Crippen molar-refractivity contribution in [2.45, 2.75) is 26.0 Å². The maximum Gasteiger partial charge on any atom is 0.118 e. The van der Waals surface area contributed by atoms with Crippen molar-refractivity contribution >= 4 is 0 Å². The molecule has 0 saturated carbocycles. The number of hydrogen-bond donors (Lipinski definition) is 0. The summed E-state index contributed by atoms with van der Waals surface area (Å²) in [5, 5.41) is 0. The molecule has 1 atom stereocenters. The maximum atomic E-state index is 6.03. The number of rotatable bonds is 11. The lowest BCUT2D eigenvalue weighted by Crippen LogP contribution is -2.17. The minimum absolute atomic E-state index is 0.412. The monoisotopic (exact) mass is 380 g/mol. The molecule has 5 nitrogen and oxygen atoms in total. The van der Waals surface area contributed by atoms with E-state index in [1.165, 1.54) is 5.56 Å². The van der Waals surface area contributed by atoms with Gasteiger partial charge in [-0.1, -0.05) is 24.3 Å². The highest BCUT2D eigenvalue weighted by molar-refractivity contribution is 5.27. The summed E-state index contributed by atoms with van der Waals surface area (Å²) in [4.78, 5) is 4.15. The number of aryl methyl sites for hydroxylation is 1. The van der Waals surface area contributed by atoms with Gasteiger partial charge in [0.25, 0.3) is 0 Å². The molecule has 0 radical (unpaired) electrons. The molecule has 0 fully saturated rings. The molecule has 0 amide bonds. The highest BCUT2D eigenvalue weighted by Crippen LogP contribution is 2.18. The number of aromatic nitrogens is 2. The second-order valence-electron chi connectivity index (χ2n) is 6.88. The fourth-order valence-electron chi connectivity index (χ4n) is 3.15. The van der Waals surface area contributed by atoms with Crippen LogP contribution in [0.2, 0.25) is 0 Å². The Hall–Kier alpha value is -2.79. The number of ether oxygens (including phenoxy) is 3. The van der Waals surface area contributed by atoms with Crippen LogP contribution in [0.1, 0.15) is 17.5 Å². The van der Waals surface area contributed by atoms with Crippen molar-refractivity contribution in [3.05, 3.63) is 78.4 Å². The third-order valence-corrected chi connectivity index (χ3v) is 4.81. The molecular formula is C23H28N2O3. The second-order valence-corrected chi connectivity index (χ2v) is 6.88. The van der Waals surface area contributed by atoms with Crippen LogP contribution in [-0.2, 0) is 24.3 Å². The molecule has 2 aromatic carbocycles. The summed E-state index contributed by atoms with van der Waals surface area (Å²) in [5.41, 5.74) is 2.46. The van der Waals surface area contributed by atoms with Gasteiger partial charge in [-0.3, -0.25) is 0 Å². The van der Waals surface area contributed by atoms with Crippen LogP contribution < -0.4 is 9.47 Å². The summed E-state index contributed by atoms with van der Waals surface area (Å²) in [6, 6.07) is 16.3. The largest absolute Gasteiger partial charge is 0.497 e. The SMILES string of the molecule is COc1ccc(CCC(COCc2ccc(OC)cc2)Cn2ccnc2)cc1. The van der Waals surface area contributed by atoms with Gasteiger partial charge in [0, 0.05) is 24.9 Å². The predicted molar refractivity (Wildman–Crippen MR) is 110 cm³/mol. The minimum atomic E-state index is 0.412. The van der Waals surface area contributed by atoms with Crippen LogP contribution in [-0.4, -0.2) is 30.4 Å². The fraction of sp³-hybridized carbons (Fsp3) is 0.348. The maximum absolute atomic E-state index is 6.03. The number of hydrogen-bond acceptors (Lipinski definition) is 4. The first kappa shape index (κ1) is 20.0. The van der Waals surface area contributed by atoms with Crippen molar-refractivity contribution in [1.82, 2.24) is 9.55 Å². The Labute approximate surface area is 166 Å². The molecule has 1 aromatic heterocycles. The predicted octanol–water partition coefficient (Wildman–Crippen LogP) is 4.37. The normalized spacial score (nSPS) is 11.9. The van der Waals surface area contributed by atoms with E-state index >= 15 is 0 Å². The second kappa shape index (κ2) is 10.5. The fourth-order valence-corrected chi connectivity index (χ4v) is 3.15. The smallest absolute Gasteiger partial charge is 0.118 e. The molecular weight excluding hydrogens is 352 g/mol. The number of benzene rings is 2. The van der Waals surface area contributed by atoms with Crippen LogP contribution in [0.4, 0.5) is 0 Å². The zero-order valence-electron chi connectivity index (χ0n) is 16.6. The lowest BCUT2D eigenvalue weighted by molar-refractivity contribution is 0.0781. The van der Waals surface area contributed by atoms with E-state index in [2.05, 4.69) is 21.7 Å². The standard InChI is InChI=1S/C23H28N2O3/c1-26-22-9-5-19(6-10-22)3-4-21(15-25-14-13-24-18-25)17-28-16-20-7-11-23(27-2)12-8-20/h5-14,18,21H,3-4,15-17H2,1-2H3. The van der Waals surface area contributed by atoms with Gasteiger partial charge in [-0.15, -0.1) is 0 Å². The van der Waals surface area contributed by atoms with Gasteiger partial charge >= 0.3 is 0 Å². The average molecular weight is 380 g/mol. The lowest BCUT2D eigenvalue weighted by atomic mass is 10.00. The molecule has 0 aliphatic heterocycles. The summed E-state index contributed by atoms with van der Waals surface area (Å²) < 4.78 is 18.6. The van der Waals surface area contributed by atoms with E-state index in [4.69, 9.17) is 14.2 Å². The van der Waals surface area contributed by atoms with Crippen LogP contribution in [0.3, 0.4) is 0 Å². The molecule has 0 spiro atoms. The zero-order chi connectivity index (χ0) is 19.6. The molecule has 3 rings (SSSR count). The summed E-state index contributed by atoms with van der Waals surface area (Å²) in [6.07, 6.45) is 7.74. The molecule has 0 aliphatic rings. The van der Waals surface area contributed by atoms with E-state index < -0.39 is 0 Å². The molecule has 148 valence electrons. The molecule has 28 heavy (non-hydrogen) atoms. The third kappa shape index (κ3) is 6.13. The number of methoxy groups -OCH3 is 2. The van der Waals surface area contributed by atoms with Gasteiger partial charge < -0.3 is 18.8 Å². The Morgan fingerprint density at radius 2 is 1.54 bits per heavy atom. The quantitative estimate of drug-likeness (QED) is 0.496. The summed E-state index contributed by atoms with van der Waals surface area (Å²) in [5.74, 6) is 2.16. The molecule has 3 aromatic rings. The van der Waals surface area contributed by atoms with Crippen LogP contribution in [0, 0.1) is 5.92 Å². The summed E-state index contributed by atoms with van der Waals surface area (Å²) in [7, 11) is 3.37. The molecule has 0 saturated heterocycles. The molecule has 1 unspecified atom stereocenters. The van der Waals surface area contributed by atoms with E-state index in [1.54, 1.807) is 14.2 Å². The van der Waals surface area contributed by atoms with Gasteiger partial charge in [0.05, 0.1) is 33.8 Å². The lowest BCUT2D eigenvalue weighted by Gasteiger charge is -2.18. The van der Waals surface area contributed by atoms with Gasteiger partial charge in [0.2, 0.25) is 0 Å². The number of imidazole rings is 1. The topological polar surface area (TPSA) is 45.5 Å². The first-order valence-corrected chi connectivity index (χ1v) is 9.56. The van der Waals surface area contributed by atoms with E-state index in [1.807, 2.05) is 55.1 Å². The zero-order valence-corrected chi connectivity index (χ0v) is 16.6. The van der Waals surface area contributed by atoms with Crippen LogP contribution >= 0.6 is 0 Å². The Kier molecular flexibility index (Phi) is 7.50. The minimum Gasteiger partial charge on any atom is -0.497 e. The Bertz CT molecular complexity index is 799. The van der Waals surface area contributed by atoms with Crippen LogP contribution in [0.5, 0.6) is 11.5 Å². The van der Waals surface area contributed by atoms with Gasteiger partial charge in [-0.2, -0.15) is 0 Å². The van der Waals surface area contributed by atoms with Gasteiger partial charge in [0.15, 0.2) is 0 Å². The highest BCUT2D eigenvalue weighted by Gasteiger charge is 2.11. The van der Waals surface area contributed by atoms with Gasteiger partial charge in [-0.25, -0.2) is 4.98 Å². The number of nitrogens with zero attached hydrogens (tertiary/aromatic N) is 2. The molecule has 0 N–H and O–H groups in total. The van der Waals surface area contributed by atoms with Crippen LogP contribution in [0.15, 0.2) is 67.3 Å². The van der Waals surface area contributed by atoms with Gasteiger partial charge in [-0.05, 0) is 48.2 Å². The molecule has 0 bridgehead atoms. The molecule has 0 aliphatic carbocycles. The highest BCUT2D eigenvalue weighted by atomic mass is 16.5. The Morgan fingerprint density at radius 3 is 2.11 bits per heavy atom. The van der Waals surface area contributed by atoms with Crippen molar-refractivity contribution in [3.8, 4) is 11.5 Å². The Morgan fingerprint density at radius 1 is 0.893 bits per heavy atom. The van der Waals surface area contributed by atoms with E-state index in [-0.39, 0.29) is 0 Å². The van der Waals surface area contributed by atoms with E-state index in [0.29, 0.717) is 19.1 Å². The van der Waals surface area contributed by atoms with Crippen molar-refractivity contribution < 1.29 is 14.2 Å². The molecule has 1 heterocycles. The first-order chi connectivity index (χ1) is 13.8. The van der Waals surface area contributed by atoms with Crippen LogP contribution in [0.25, 0.3) is 0 Å². The average Bonchev–Trinajstić information content (AvgIpc) is 3.26. The van der Waals surface area contributed by atoms with Crippen molar-refractivity contribution in [1.29, 1.82) is 0 Å². The Balaban J connectivity index is 1.53. The van der Waals surface area contributed by atoms with E-state index in [9.17, 15) is 0 Å². The van der Waals surface area contributed by atoms with Gasteiger partial charge in [0.1, 0.15) is 11.5 Å². The van der Waals surface area contributed by atoms with Crippen molar-refractivity contribution in [3.63, 3.8) is 0 Å². The van der Waals surface area contributed by atoms with Crippen molar-refractivity contribution in [2.75, 3.05) is 20.8 Å².